The first-order chi connectivity index (χ1) is 7.85. The van der Waals surface area contributed by atoms with Crippen LogP contribution in [0.5, 0.6) is 0 Å². The Morgan fingerprint density at radius 1 is 1.12 bits per heavy atom. The summed E-state index contributed by atoms with van der Waals surface area (Å²) in [7, 11) is 0. The molecule has 1 aliphatic rings. The second-order valence-electron chi connectivity index (χ2n) is 4.80. The summed E-state index contributed by atoms with van der Waals surface area (Å²) in [5, 5.41) is 0. The average molecular weight is 235 g/mol. The Morgan fingerprint density at radius 3 is 2.44 bits per heavy atom. The molecular weight excluding hydrogens is 214 g/mol. The smallest absolute Gasteiger partial charge is 0.00198 e. The molecule has 0 saturated carbocycles. The van der Waals surface area contributed by atoms with Gasteiger partial charge in [-0.15, -0.1) is 0 Å². The van der Waals surface area contributed by atoms with Gasteiger partial charge in [0.2, 0.25) is 0 Å². The fourth-order valence-electron chi connectivity index (χ4n) is 2.41. The molecule has 1 aromatic carbocycles. The van der Waals surface area contributed by atoms with E-state index in [2.05, 4.69) is 42.1 Å². The van der Waals surface area contributed by atoms with Crippen molar-refractivity contribution in [3.63, 3.8) is 0 Å². The molecule has 1 nitrogen and oxygen atoms in total. The Balaban J connectivity index is 1.92. The van der Waals surface area contributed by atoms with Crippen LogP contribution in [0.4, 0.5) is 0 Å². The first-order valence-corrected chi connectivity index (χ1v) is 7.32. The number of benzene rings is 1. The molecule has 1 saturated heterocycles. The highest BCUT2D eigenvalue weighted by Gasteiger charge is 2.30. The third kappa shape index (κ3) is 3.02. The van der Waals surface area contributed by atoms with Crippen LogP contribution in [0.3, 0.4) is 0 Å². The third-order valence-electron chi connectivity index (χ3n) is 3.77. The van der Waals surface area contributed by atoms with Crippen molar-refractivity contribution in [2.45, 2.75) is 25.7 Å². The van der Waals surface area contributed by atoms with E-state index in [1.54, 1.807) is 0 Å². The predicted octanol–water partition coefficient (Wildman–Crippen LogP) is 3.09. The minimum absolute atomic E-state index is 0.432. The number of aryl methyl sites for hydroxylation is 1. The zero-order valence-electron chi connectivity index (χ0n) is 9.82. The fraction of sp³-hybridized carbons (Fsp3) is 0.571. The lowest BCUT2D eigenvalue weighted by molar-refractivity contribution is 0.249. The van der Waals surface area contributed by atoms with Crippen molar-refractivity contribution >= 4 is 11.8 Å². The molecule has 0 spiro atoms. The van der Waals surface area contributed by atoms with Gasteiger partial charge in [0.15, 0.2) is 0 Å². The van der Waals surface area contributed by atoms with Crippen LogP contribution in [0.1, 0.15) is 24.8 Å². The Hall–Kier alpha value is -0.470. The molecule has 1 heterocycles. The van der Waals surface area contributed by atoms with Crippen molar-refractivity contribution in [3.8, 4) is 0 Å². The molecule has 1 fully saturated rings. The molecular formula is C14H21NS. The quantitative estimate of drug-likeness (QED) is 0.868. The summed E-state index contributed by atoms with van der Waals surface area (Å²) < 4.78 is 0. The van der Waals surface area contributed by atoms with E-state index < -0.39 is 0 Å². The van der Waals surface area contributed by atoms with Crippen LogP contribution in [0.2, 0.25) is 0 Å². The highest BCUT2D eigenvalue weighted by molar-refractivity contribution is 7.99. The standard InChI is InChI=1S/C14H21NS/c15-12-14(8-10-16-11-9-14)7-6-13-4-2-1-3-5-13/h1-5H,6-12,15H2. The fourth-order valence-corrected chi connectivity index (χ4v) is 3.77. The molecule has 88 valence electrons. The number of nitrogens with two attached hydrogens (primary N) is 1. The molecule has 0 aromatic heterocycles. The molecule has 1 aromatic rings. The van der Waals surface area contributed by atoms with Crippen molar-refractivity contribution in [1.29, 1.82) is 0 Å². The average Bonchev–Trinajstić information content (AvgIpc) is 2.39. The number of thioether (sulfide) groups is 1. The maximum atomic E-state index is 5.99. The maximum Gasteiger partial charge on any atom is -0.00198 e. The van der Waals surface area contributed by atoms with Gasteiger partial charge < -0.3 is 5.73 Å². The first kappa shape index (κ1) is 12.0. The molecule has 2 N–H and O–H groups in total. The Kier molecular flexibility index (Phi) is 4.30. The molecule has 0 bridgehead atoms. The van der Waals surface area contributed by atoms with Crippen molar-refractivity contribution in [2.24, 2.45) is 11.1 Å². The highest BCUT2D eigenvalue weighted by atomic mass is 32.2. The minimum atomic E-state index is 0.432. The number of hydrogen-bond donors (Lipinski definition) is 1. The summed E-state index contributed by atoms with van der Waals surface area (Å²) in [5.41, 5.74) is 7.88. The molecule has 2 heteroatoms. The van der Waals surface area contributed by atoms with E-state index in [-0.39, 0.29) is 0 Å². The minimum Gasteiger partial charge on any atom is -0.330 e. The zero-order chi connectivity index (χ0) is 11.3. The lowest BCUT2D eigenvalue weighted by atomic mass is 9.77. The van der Waals surface area contributed by atoms with Crippen molar-refractivity contribution in [1.82, 2.24) is 0 Å². The summed E-state index contributed by atoms with van der Waals surface area (Å²) >= 11 is 2.08. The second-order valence-corrected chi connectivity index (χ2v) is 6.03. The van der Waals surface area contributed by atoms with Gasteiger partial charge in [0.05, 0.1) is 0 Å². The number of rotatable bonds is 4. The van der Waals surface area contributed by atoms with Gasteiger partial charge >= 0.3 is 0 Å². The van der Waals surface area contributed by atoms with E-state index in [0.29, 0.717) is 5.41 Å². The van der Waals surface area contributed by atoms with Gasteiger partial charge in [-0.2, -0.15) is 11.8 Å². The topological polar surface area (TPSA) is 26.0 Å². The SMILES string of the molecule is NCC1(CCc2ccccc2)CCSCC1. The maximum absolute atomic E-state index is 5.99. The molecule has 1 aliphatic heterocycles. The second kappa shape index (κ2) is 5.74. The Bertz CT molecular complexity index is 304. The Morgan fingerprint density at radius 2 is 1.81 bits per heavy atom. The monoisotopic (exact) mass is 235 g/mol. The summed E-state index contributed by atoms with van der Waals surface area (Å²) in [4.78, 5) is 0. The van der Waals surface area contributed by atoms with Gasteiger partial charge in [-0.25, -0.2) is 0 Å². The number of hydrogen-bond acceptors (Lipinski definition) is 2. The normalized spacial score (nSPS) is 19.6. The summed E-state index contributed by atoms with van der Waals surface area (Å²) in [5.74, 6) is 2.60. The molecule has 0 atom stereocenters. The molecule has 0 unspecified atom stereocenters. The zero-order valence-corrected chi connectivity index (χ0v) is 10.6. The van der Waals surface area contributed by atoms with Crippen molar-refractivity contribution in [3.05, 3.63) is 35.9 Å². The predicted molar refractivity (Wildman–Crippen MR) is 72.8 cm³/mol. The van der Waals surface area contributed by atoms with Crippen LogP contribution >= 0.6 is 11.8 Å². The highest BCUT2D eigenvalue weighted by Crippen LogP contribution is 2.37. The van der Waals surface area contributed by atoms with E-state index in [1.165, 1.54) is 42.8 Å². The van der Waals surface area contributed by atoms with E-state index >= 15 is 0 Å². The van der Waals surface area contributed by atoms with Gasteiger partial charge in [-0.1, -0.05) is 30.3 Å². The van der Waals surface area contributed by atoms with Crippen LogP contribution in [-0.2, 0) is 6.42 Å². The largest absolute Gasteiger partial charge is 0.330 e. The molecule has 0 amide bonds. The van der Waals surface area contributed by atoms with Gasteiger partial charge in [-0.3, -0.25) is 0 Å². The van der Waals surface area contributed by atoms with Gasteiger partial charge in [0.25, 0.3) is 0 Å². The lowest BCUT2D eigenvalue weighted by Gasteiger charge is -2.36. The third-order valence-corrected chi connectivity index (χ3v) is 4.76. The van der Waals surface area contributed by atoms with Crippen molar-refractivity contribution in [2.75, 3.05) is 18.1 Å². The van der Waals surface area contributed by atoms with E-state index in [0.717, 1.165) is 6.54 Å². The van der Waals surface area contributed by atoms with Gasteiger partial charge in [-0.05, 0) is 54.7 Å². The summed E-state index contributed by atoms with van der Waals surface area (Å²) in [6.45, 7) is 0.862. The summed E-state index contributed by atoms with van der Waals surface area (Å²) in [6.07, 6.45) is 5.05. The van der Waals surface area contributed by atoms with Crippen LogP contribution in [0, 0.1) is 5.41 Å². The molecule has 0 radical (unpaired) electrons. The van der Waals surface area contributed by atoms with Crippen LogP contribution in [0.25, 0.3) is 0 Å². The Labute approximate surface area is 103 Å². The first-order valence-electron chi connectivity index (χ1n) is 6.16. The van der Waals surface area contributed by atoms with Crippen LogP contribution < -0.4 is 5.73 Å². The molecule has 2 rings (SSSR count). The lowest BCUT2D eigenvalue weighted by Crippen LogP contribution is -2.34. The molecule has 0 aliphatic carbocycles. The summed E-state index contributed by atoms with van der Waals surface area (Å²) in [6, 6.07) is 10.8. The van der Waals surface area contributed by atoms with Gasteiger partial charge in [0, 0.05) is 0 Å². The van der Waals surface area contributed by atoms with E-state index in [9.17, 15) is 0 Å². The molecule has 16 heavy (non-hydrogen) atoms. The van der Waals surface area contributed by atoms with Crippen molar-refractivity contribution < 1.29 is 0 Å². The van der Waals surface area contributed by atoms with E-state index in [1.807, 2.05) is 0 Å². The van der Waals surface area contributed by atoms with Crippen LogP contribution in [0.15, 0.2) is 30.3 Å². The van der Waals surface area contributed by atoms with Crippen LogP contribution in [-0.4, -0.2) is 18.1 Å². The van der Waals surface area contributed by atoms with E-state index in [4.69, 9.17) is 5.73 Å². The van der Waals surface area contributed by atoms with Gasteiger partial charge in [0.1, 0.15) is 0 Å².